The fourth-order valence-electron chi connectivity index (χ4n) is 2.92. The molecule has 0 spiro atoms. The van der Waals surface area contributed by atoms with Crippen LogP contribution in [0.1, 0.15) is 30.5 Å². The second-order valence-electron chi connectivity index (χ2n) is 6.19. The molecule has 0 aliphatic heterocycles. The standard InChI is InChI=1S/C22H31NO2/c1-4-23(5-2)15-17-25-16-14-19-10-12-20(13-11-19)18-21-8-6-7-9-22(21)24-3/h6-13H,4-5,14-18H2,1-3H3. The fraction of sp³-hybridized carbons (Fsp3) is 0.455. The first-order valence-electron chi connectivity index (χ1n) is 9.26. The average Bonchev–Trinajstić information content (AvgIpc) is 2.66. The van der Waals surface area contributed by atoms with Gasteiger partial charge in [0, 0.05) is 13.0 Å². The monoisotopic (exact) mass is 341 g/mol. The van der Waals surface area contributed by atoms with Gasteiger partial charge in [0.05, 0.1) is 20.3 Å². The van der Waals surface area contributed by atoms with Gasteiger partial charge in [0.15, 0.2) is 0 Å². The third kappa shape index (κ3) is 6.52. The Morgan fingerprint density at radius 3 is 2.20 bits per heavy atom. The summed E-state index contributed by atoms with van der Waals surface area (Å²) in [5.41, 5.74) is 3.85. The van der Waals surface area contributed by atoms with Gasteiger partial charge in [0.1, 0.15) is 5.75 Å². The van der Waals surface area contributed by atoms with Gasteiger partial charge in [-0.25, -0.2) is 0 Å². The lowest BCUT2D eigenvalue weighted by molar-refractivity contribution is 0.109. The molecule has 0 aromatic heterocycles. The van der Waals surface area contributed by atoms with Crippen molar-refractivity contribution < 1.29 is 9.47 Å². The van der Waals surface area contributed by atoms with E-state index >= 15 is 0 Å². The van der Waals surface area contributed by atoms with Crippen molar-refractivity contribution in [2.45, 2.75) is 26.7 Å². The number of ether oxygens (including phenoxy) is 2. The molecular formula is C22H31NO2. The fourth-order valence-corrected chi connectivity index (χ4v) is 2.92. The van der Waals surface area contributed by atoms with Gasteiger partial charge in [-0.1, -0.05) is 56.3 Å². The van der Waals surface area contributed by atoms with Crippen LogP contribution in [0.25, 0.3) is 0 Å². The van der Waals surface area contributed by atoms with Crippen molar-refractivity contribution in [3.05, 3.63) is 65.2 Å². The summed E-state index contributed by atoms with van der Waals surface area (Å²) in [5.74, 6) is 0.952. The summed E-state index contributed by atoms with van der Waals surface area (Å²) in [6.45, 7) is 9.18. The van der Waals surface area contributed by atoms with E-state index in [0.29, 0.717) is 0 Å². The molecule has 0 N–H and O–H groups in total. The topological polar surface area (TPSA) is 21.7 Å². The molecule has 0 saturated heterocycles. The molecule has 0 bridgehead atoms. The first-order valence-corrected chi connectivity index (χ1v) is 9.26. The lowest BCUT2D eigenvalue weighted by Crippen LogP contribution is -2.27. The lowest BCUT2D eigenvalue weighted by atomic mass is 10.0. The van der Waals surface area contributed by atoms with Crippen molar-refractivity contribution in [2.24, 2.45) is 0 Å². The summed E-state index contributed by atoms with van der Waals surface area (Å²) in [5, 5.41) is 0. The third-order valence-electron chi connectivity index (χ3n) is 4.59. The maximum absolute atomic E-state index is 5.77. The van der Waals surface area contributed by atoms with Gasteiger partial charge in [0.25, 0.3) is 0 Å². The molecule has 0 aliphatic carbocycles. The maximum atomic E-state index is 5.77. The van der Waals surface area contributed by atoms with Gasteiger partial charge in [-0.05, 0) is 42.3 Å². The zero-order valence-electron chi connectivity index (χ0n) is 15.8. The van der Waals surface area contributed by atoms with Crippen LogP contribution in [-0.2, 0) is 17.6 Å². The molecule has 3 nitrogen and oxygen atoms in total. The molecule has 2 aromatic rings. The summed E-state index contributed by atoms with van der Waals surface area (Å²) in [6, 6.07) is 17.0. The molecule has 0 radical (unpaired) electrons. The molecule has 0 saturated carbocycles. The first kappa shape index (κ1) is 19.5. The Morgan fingerprint density at radius 2 is 1.52 bits per heavy atom. The highest BCUT2D eigenvalue weighted by Crippen LogP contribution is 2.21. The van der Waals surface area contributed by atoms with Crippen molar-refractivity contribution in [2.75, 3.05) is 40.0 Å². The number of likely N-dealkylation sites (N-methyl/N-ethyl adjacent to an activating group) is 1. The van der Waals surface area contributed by atoms with Gasteiger partial charge in [-0.2, -0.15) is 0 Å². The van der Waals surface area contributed by atoms with Crippen molar-refractivity contribution >= 4 is 0 Å². The van der Waals surface area contributed by atoms with Gasteiger partial charge >= 0.3 is 0 Å². The molecular weight excluding hydrogens is 310 g/mol. The third-order valence-corrected chi connectivity index (χ3v) is 4.59. The van der Waals surface area contributed by atoms with Gasteiger partial charge in [-0.15, -0.1) is 0 Å². The molecule has 2 rings (SSSR count). The number of hydrogen-bond donors (Lipinski definition) is 0. The SMILES string of the molecule is CCN(CC)CCOCCc1ccc(Cc2ccccc2OC)cc1. The number of hydrogen-bond acceptors (Lipinski definition) is 3. The van der Waals surface area contributed by atoms with Crippen molar-refractivity contribution in [3.63, 3.8) is 0 Å². The van der Waals surface area contributed by atoms with Crippen molar-refractivity contribution in [1.82, 2.24) is 4.90 Å². The van der Waals surface area contributed by atoms with E-state index in [1.165, 1.54) is 16.7 Å². The van der Waals surface area contributed by atoms with Crippen molar-refractivity contribution in [1.29, 1.82) is 0 Å². The average molecular weight is 341 g/mol. The highest BCUT2D eigenvalue weighted by Gasteiger charge is 2.03. The van der Waals surface area contributed by atoms with Crippen LogP contribution in [0.2, 0.25) is 0 Å². The van der Waals surface area contributed by atoms with Crippen LogP contribution in [0.4, 0.5) is 0 Å². The first-order chi connectivity index (χ1) is 12.3. The van der Waals surface area contributed by atoms with E-state index in [2.05, 4.69) is 55.1 Å². The Kier molecular flexibility index (Phi) is 8.50. The number of nitrogens with zero attached hydrogens (tertiary/aromatic N) is 1. The molecule has 0 atom stereocenters. The van der Waals surface area contributed by atoms with Crippen LogP contribution in [-0.4, -0.2) is 44.9 Å². The Labute approximate surface area is 152 Å². The minimum absolute atomic E-state index is 0.785. The van der Waals surface area contributed by atoms with E-state index in [4.69, 9.17) is 9.47 Å². The van der Waals surface area contributed by atoms with Crippen LogP contribution in [0.5, 0.6) is 5.75 Å². The van der Waals surface area contributed by atoms with E-state index in [-0.39, 0.29) is 0 Å². The van der Waals surface area contributed by atoms with E-state index in [1.807, 2.05) is 12.1 Å². The molecule has 0 fully saturated rings. The van der Waals surface area contributed by atoms with Crippen molar-refractivity contribution in [3.8, 4) is 5.75 Å². The number of methoxy groups -OCH3 is 1. The number of rotatable bonds is 11. The van der Waals surface area contributed by atoms with Crippen LogP contribution < -0.4 is 4.74 Å². The molecule has 2 aromatic carbocycles. The molecule has 0 heterocycles. The Bertz CT molecular complexity index is 606. The predicted octanol–water partition coefficient (Wildman–Crippen LogP) is 4.19. The minimum Gasteiger partial charge on any atom is -0.496 e. The van der Waals surface area contributed by atoms with Crippen LogP contribution >= 0.6 is 0 Å². The Balaban J connectivity index is 1.76. The van der Waals surface area contributed by atoms with Gasteiger partial charge < -0.3 is 14.4 Å². The smallest absolute Gasteiger partial charge is 0.122 e. The highest BCUT2D eigenvalue weighted by molar-refractivity contribution is 5.38. The van der Waals surface area contributed by atoms with E-state index in [1.54, 1.807) is 7.11 Å². The summed E-state index contributed by atoms with van der Waals surface area (Å²) in [7, 11) is 1.72. The highest BCUT2D eigenvalue weighted by atomic mass is 16.5. The molecule has 3 heteroatoms. The molecule has 0 unspecified atom stereocenters. The van der Waals surface area contributed by atoms with Gasteiger partial charge in [-0.3, -0.25) is 0 Å². The normalized spacial score (nSPS) is 11.0. The van der Waals surface area contributed by atoms with Gasteiger partial charge in [0.2, 0.25) is 0 Å². The lowest BCUT2D eigenvalue weighted by Gasteiger charge is -2.17. The predicted molar refractivity (Wildman–Crippen MR) is 105 cm³/mol. The summed E-state index contributed by atoms with van der Waals surface area (Å²) >= 11 is 0. The van der Waals surface area contributed by atoms with E-state index in [0.717, 1.165) is 51.4 Å². The summed E-state index contributed by atoms with van der Waals surface area (Å²) < 4.78 is 11.2. The maximum Gasteiger partial charge on any atom is 0.122 e. The summed E-state index contributed by atoms with van der Waals surface area (Å²) in [6.07, 6.45) is 1.86. The number of benzene rings is 2. The zero-order valence-corrected chi connectivity index (χ0v) is 15.8. The summed E-state index contributed by atoms with van der Waals surface area (Å²) in [4.78, 5) is 2.38. The Morgan fingerprint density at radius 1 is 0.840 bits per heavy atom. The second-order valence-corrected chi connectivity index (χ2v) is 6.19. The molecule has 25 heavy (non-hydrogen) atoms. The van der Waals surface area contributed by atoms with E-state index in [9.17, 15) is 0 Å². The second kappa shape index (κ2) is 10.9. The van der Waals surface area contributed by atoms with Crippen LogP contribution in [0, 0.1) is 0 Å². The molecule has 0 amide bonds. The largest absolute Gasteiger partial charge is 0.496 e. The molecule has 0 aliphatic rings. The number of para-hydroxylation sites is 1. The minimum atomic E-state index is 0.785. The van der Waals surface area contributed by atoms with Crippen LogP contribution in [0.3, 0.4) is 0 Å². The molecule has 136 valence electrons. The quantitative estimate of drug-likeness (QED) is 0.572. The van der Waals surface area contributed by atoms with E-state index < -0.39 is 0 Å². The zero-order chi connectivity index (χ0) is 17.9. The van der Waals surface area contributed by atoms with Crippen LogP contribution in [0.15, 0.2) is 48.5 Å². The Hall–Kier alpha value is -1.84.